The molecule has 2 aromatic rings. The lowest BCUT2D eigenvalue weighted by molar-refractivity contribution is 0.0956. The van der Waals surface area contributed by atoms with Crippen LogP contribution in [0.25, 0.3) is 10.9 Å². The number of nitrogens with one attached hydrogen (secondary N) is 2. The summed E-state index contributed by atoms with van der Waals surface area (Å²) < 4.78 is 0. The predicted octanol–water partition coefficient (Wildman–Crippen LogP) is 2.26. The van der Waals surface area contributed by atoms with E-state index in [1.807, 2.05) is 36.7 Å². The van der Waals surface area contributed by atoms with Crippen molar-refractivity contribution in [2.75, 3.05) is 18.6 Å². The average molecular weight is 234 g/mol. The van der Waals surface area contributed by atoms with Gasteiger partial charge >= 0.3 is 0 Å². The van der Waals surface area contributed by atoms with Gasteiger partial charge in [0.05, 0.1) is 0 Å². The minimum atomic E-state index is -0.00875. The van der Waals surface area contributed by atoms with E-state index in [0.717, 1.165) is 16.7 Å². The monoisotopic (exact) mass is 234 g/mol. The maximum absolute atomic E-state index is 11.8. The summed E-state index contributed by atoms with van der Waals surface area (Å²) in [5.74, 6) is 0.932. The first-order valence-electron chi connectivity index (χ1n) is 5.15. The Bertz CT molecular complexity index is 492. The van der Waals surface area contributed by atoms with E-state index in [9.17, 15) is 4.79 Å². The molecule has 1 aromatic carbocycles. The number of amides is 1. The Morgan fingerprint density at radius 2 is 2.31 bits per heavy atom. The lowest BCUT2D eigenvalue weighted by Crippen LogP contribution is -2.25. The van der Waals surface area contributed by atoms with Gasteiger partial charge in [-0.1, -0.05) is 6.07 Å². The Morgan fingerprint density at radius 3 is 3.12 bits per heavy atom. The molecular formula is C12H14N2OS. The number of fused-ring (bicyclic) bond motifs is 1. The maximum atomic E-state index is 11.8. The van der Waals surface area contributed by atoms with Gasteiger partial charge in [0.2, 0.25) is 0 Å². The zero-order valence-electron chi connectivity index (χ0n) is 9.12. The van der Waals surface area contributed by atoms with Crippen LogP contribution >= 0.6 is 11.8 Å². The Balaban J connectivity index is 2.10. The van der Waals surface area contributed by atoms with Gasteiger partial charge < -0.3 is 10.3 Å². The van der Waals surface area contributed by atoms with Crippen LogP contribution in [-0.4, -0.2) is 29.4 Å². The average Bonchev–Trinajstić information content (AvgIpc) is 2.76. The molecule has 0 fully saturated rings. The molecule has 0 unspecified atom stereocenters. The van der Waals surface area contributed by atoms with Crippen LogP contribution in [0.4, 0.5) is 0 Å². The van der Waals surface area contributed by atoms with Gasteiger partial charge in [0.15, 0.2) is 0 Å². The number of hydrogen-bond donors (Lipinski definition) is 2. The molecule has 0 spiro atoms. The second-order valence-electron chi connectivity index (χ2n) is 3.53. The minimum Gasteiger partial charge on any atom is -0.361 e. The highest BCUT2D eigenvalue weighted by Gasteiger charge is 2.05. The van der Waals surface area contributed by atoms with Crippen molar-refractivity contribution in [2.24, 2.45) is 0 Å². The van der Waals surface area contributed by atoms with Crippen molar-refractivity contribution >= 4 is 28.6 Å². The van der Waals surface area contributed by atoms with Crippen molar-refractivity contribution in [1.29, 1.82) is 0 Å². The number of aromatic nitrogens is 1. The highest BCUT2D eigenvalue weighted by Crippen LogP contribution is 2.13. The molecule has 1 amide bonds. The lowest BCUT2D eigenvalue weighted by atomic mass is 10.1. The molecule has 0 aliphatic carbocycles. The van der Waals surface area contributed by atoms with Gasteiger partial charge in [-0.2, -0.15) is 11.8 Å². The molecule has 4 heteroatoms. The Labute approximate surface area is 98.6 Å². The standard InChI is InChI=1S/C12H14N2OS/c1-16-7-6-14-12(15)10-3-2-9-4-5-13-11(9)8-10/h2-5,8,13H,6-7H2,1H3,(H,14,15). The zero-order valence-corrected chi connectivity index (χ0v) is 9.93. The van der Waals surface area contributed by atoms with E-state index in [4.69, 9.17) is 0 Å². The maximum Gasteiger partial charge on any atom is 0.251 e. The Kier molecular flexibility index (Phi) is 3.51. The quantitative estimate of drug-likeness (QED) is 0.797. The van der Waals surface area contributed by atoms with E-state index in [1.165, 1.54) is 0 Å². The number of carbonyl (C=O) groups is 1. The van der Waals surface area contributed by atoms with E-state index < -0.39 is 0 Å². The number of carbonyl (C=O) groups excluding carboxylic acids is 1. The van der Waals surface area contributed by atoms with Gasteiger partial charge in [0, 0.05) is 29.6 Å². The first-order chi connectivity index (χ1) is 7.81. The molecule has 1 heterocycles. The van der Waals surface area contributed by atoms with E-state index >= 15 is 0 Å². The highest BCUT2D eigenvalue weighted by molar-refractivity contribution is 7.98. The van der Waals surface area contributed by atoms with E-state index in [1.54, 1.807) is 11.8 Å². The van der Waals surface area contributed by atoms with Crippen LogP contribution in [0.2, 0.25) is 0 Å². The third-order valence-corrected chi connectivity index (χ3v) is 3.02. The van der Waals surface area contributed by atoms with Gasteiger partial charge in [-0.25, -0.2) is 0 Å². The highest BCUT2D eigenvalue weighted by atomic mass is 32.2. The summed E-state index contributed by atoms with van der Waals surface area (Å²) >= 11 is 1.72. The summed E-state index contributed by atoms with van der Waals surface area (Å²) in [6, 6.07) is 7.68. The van der Waals surface area contributed by atoms with Crippen molar-refractivity contribution in [3.63, 3.8) is 0 Å². The van der Waals surface area contributed by atoms with Crippen LogP contribution in [0.15, 0.2) is 30.5 Å². The van der Waals surface area contributed by atoms with Crippen LogP contribution in [-0.2, 0) is 0 Å². The molecule has 16 heavy (non-hydrogen) atoms. The van der Waals surface area contributed by atoms with E-state index in [2.05, 4.69) is 10.3 Å². The van der Waals surface area contributed by atoms with E-state index in [-0.39, 0.29) is 5.91 Å². The van der Waals surface area contributed by atoms with Crippen molar-refractivity contribution in [1.82, 2.24) is 10.3 Å². The summed E-state index contributed by atoms with van der Waals surface area (Å²) in [6.45, 7) is 0.711. The molecule has 0 aliphatic heterocycles. The summed E-state index contributed by atoms with van der Waals surface area (Å²) in [5, 5.41) is 4.01. The summed E-state index contributed by atoms with van der Waals surface area (Å²) in [7, 11) is 0. The fraction of sp³-hybridized carbons (Fsp3) is 0.250. The molecule has 2 rings (SSSR count). The van der Waals surface area contributed by atoms with Gasteiger partial charge in [-0.3, -0.25) is 4.79 Å². The van der Waals surface area contributed by atoms with Crippen LogP contribution in [0.3, 0.4) is 0 Å². The predicted molar refractivity (Wildman–Crippen MR) is 69.0 cm³/mol. The molecule has 1 aromatic heterocycles. The molecule has 0 radical (unpaired) electrons. The number of aromatic amines is 1. The third-order valence-electron chi connectivity index (χ3n) is 2.41. The topological polar surface area (TPSA) is 44.9 Å². The van der Waals surface area contributed by atoms with Gasteiger partial charge in [-0.05, 0) is 29.8 Å². The number of hydrogen-bond acceptors (Lipinski definition) is 2. The van der Waals surface area contributed by atoms with Crippen LogP contribution in [0.1, 0.15) is 10.4 Å². The fourth-order valence-electron chi connectivity index (χ4n) is 1.56. The molecular weight excluding hydrogens is 220 g/mol. The lowest BCUT2D eigenvalue weighted by Gasteiger charge is -2.03. The minimum absolute atomic E-state index is 0.00875. The second kappa shape index (κ2) is 5.07. The van der Waals surface area contributed by atoms with Gasteiger partial charge in [0.25, 0.3) is 5.91 Å². The van der Waals surface area contributed by atoms with E-state index in [0.29, 0.717) is 12.1 Å². The van der Waals surface area contributed by atoms with Crippen LogP contribution in [0.5, 0.6) is 0 Å². The first-order valence-corrected chi connectivity index (χ1v) is 6.55. The van der Waals surface area contributed by atoms with Crippen molar-refractivity contribution in [3.05, 3.63) is 36.0 Å². The normalized spacial score (nSPS) is 10.6. The smallest absolute Gasteiger partial charge is 0.251 e. The molecule has 0 saturated carbocycles. The van der Waals surface area contributed by atoms with Crippen molar-refractivity contribution < 1.29 is 4.79 Å². The molecule has 0 saturated heterocycles. The molecule has 2 N–H and O–H groups in total. The second-order valence-corrected chi connectivity index (χ2v) is 4.51. The van der Waals surface area contributed by atoms with Gasteiger partial charge in [-0.15, -0.1) is 0 Å². The first kappa shape index (κ1) is 11.1. The van der Waals surface area contributed by atoms with Crippen LogP contribution in [0, 0.1) is 0 Å². The molecule has 0 bridgehead atoms. The van der Waals surface area contributed by atoms with Crippen molar-refractivity contribution in [3.8, 4) is 0 Å². The summed E-state index contributed by atoms with van der Waals surface area (Å²) in [6.07, 6.45) is 3.90. The number of rotatable bonds is 4. The SMILES string of the molecule is CSCCNC(=O)c1ccc2cc[nH]c2c1. The Hall–Kier alpha value is -1.42. The molecule has 0 aliphatic rings. The third kappa shape index (κ3) is 2.39. The number of thioether (sulfide) groups is 1. The van der Waals surface area contributed by atoms with Crippen molar-refractivity contribution in [2.45, 2.75) is 0 Å². The zero-order chi connectivity index (χ0) is 11.4. The largest absolute Gasteiger partial charge is 0.361 e. The molecule has 84 valence electrons. The van der Waals surface area contributed by atoms with Crippen LogP contribution < -0.4 is 5.32 Å². The fourth-order valence-corrected chi connectivity index (χ4v) is 1.86. The Morgan fingerprint density at radius 1 is 1.44 bits per heavy atom. The number of benzene rings is 1. The molecule has 0 atom stereocenters. The summed E-state index contributed by atoms with van der Waals surface area (Å²) in [5.41, 5.74) is 1.70. The summed E-state index contributed by atoms with van der Waals surface area (Å²) in [4.78, 5) is 14.8. The number of H-pyrrole nitrogens is 1. The van der Waals surface area contributed by atoms with Gasteiger partial charge in [0.1, 0.15) is 0 Å². The molecule has 3 nitrogen and oxygen atoms in total.